The zero-order valence-electron chi connectivity index (χ0n) is 20.4. The standard InChI is InChI=1S/C28H35F5O2/c1-2-3-15-34-22-14-13-21-16-23(26(29)27(30)24(21)25(22)28(31,32)33)35-17-18-9-11-20(12-10-18)19-7-5-4-6-8-19/h13-14,16,18-20H,2-12,15,17H2,1H3. The van der Waals surface area contributed by atoms with Crippen LogP contribution in [0.15, 0.2) is 18.2 Å². The Kier molecular flexibility index (Phi) is 8.43. The summed E-state index contributed by atoms with van der Waals surface area (Å²) in [6, 6.07) is 3.68. The number of ether oxygens (including phenoxy) is 2. The highest BCUT2D eigenvalue weighted by atomic mass is 19.4. The molecule has 0 spiro atoms. The molecule has 0 atom stereocenters. The van der Waals surface area contributed by atoms with Crippen LogP contribution in [-0.4, -0.2) is 13.2 Å². The van der Waals surface area contributed by atoms with Crippen LogP contribution in [0.2, 0.25) is 0 Å². The largest absolute Gasteiger partial charge is 0.493 e. The van der Waals surface area contributed by atoms with Crippen molar-refractivity contribution in [3.63, 3.8) is 0 Å². The van der Waals surface area contributed by atoms with E-state index in [0.29, 0.717) is 6.42 Å². The lowest BCUT2D eigenvalue weighted by Gasteiger charge is -2.35. The fourth-order valence-electron chi connectivity index (χ4n) is 5.85. The minimum Gasteiger partial charge on any atom is -0.493 e. The second kappa shape index (κ2) is 11.3. The van der Waals surface area contributed by atoms with Crippen LogP contribution in [0.4, 0.5) is 22.0 Å². The van der Waals surface area contributed by atoms with E-state index in [-0.39, 0.29) is 30.3 Å². The highest BCUT2D eigenvalue weighted by Crippen LogP contribution is 2.44. The molecule has 4 rings (SSSR count). The van der Waals surface area contributed by atoms with Crippen LogP contribution in [0, 0.1) is 29.4 Å². The van der Waals surface area contributed by atoms with E-state index in [9.17, 15) is 17.6 Å². The summed E-state index contributed by atoms with van der Waals surface area (Å²) < 4.78 is 82.4. The van der Waals surface area contributed by atoms with Crippen molar-refractivity contribution in [2.75, 3.05) is 13.2 Å². The van der Waals surface area contributed by atoms with Gasteiger partial charge in [-0.15, -0.1) is 0 Å². The molecule has 0 N–H and O–H groups in total. The lowest BCUT2D eigenvalue weighted by Crippen LogP contribution is -2.26. The molecule has 0 aromatic heterocycles. The van der Waals surface area contributed by atoms with Crippen LogP contribution < -0.4 is 9.47 Å². The molecule has 0 heterocycles. The summed E-state index contributed by atoms with van der Waals surface area (Å²) in [4.78, 5) is 0. The molecule has 2 saturated carbocycles. The van der Waals surface area contributed by atoms with Crippen molar-refractivity contribution in [1.82, 2.24) is 0 Å². The fraction of sp³-hybridized carbons (Fsp3) is 0.643. The summed E-state index contributed by atoms with van der Waals surface area (Å²) in [5.74, 6) is -1.95. The number of hydrogen-bond acceptors (Lipinski definition) is 2. The van der Waals surface area contributed by atoms with Crippen molar-refractivity contribution < 1.29 is 31.4 Å². The monoisotopic (exact) mass is 498 g/mol. The summed E-state index contributed by atoms with van der Waals surface area (Å²) >= 11 is 0. The molecule has 0 unspecified atom stereocenters. The predicted octanol–water partition coefficient (Wildman–Crippen LogP) is 9.08. The molecule has 0 amide bonds. The maximum atomic E-state index is 15.0. The van der Waals surface area contributed by atoms with Crippen molar-refractivity contribution in [1.29, 1.82) is 0 Å². The normalized spacial score (nSPS) is 21.9. The molecule has 0 aliphatic heterocycles. The molecule has 2 fully saturated rings. The predicted molar refractivity (Wildman–Crippen MR) is 127 cm³/mol. The van der Waals surface area contributed by atoms with Crippen LogP contribution in [0.5, 0.6) is 11.5 Å². The molecule has 0 saturated heterocycles. The zero-order chi connectivity index (χ0) is 25.0. The first-order valence-corrected chi connectivity index (χ1v) is 13.1. The quantitative estimate of drug-likeness (QED) is 0.267. The van der Waals surface area contributed by atoms with E-state index >= 15 is 4.39 Å². The second-order valence-electron chi connectivity index (χ2n) is 10.2. The summed E-state index contributed by atoms with van der Waals surface area (Å²) in [7, 11) is 0. The Morgan fingerprint density at radius 2 is 1.51 bits per heavy atom. The zero-order valence-corrected chi connectivity index (χ0v) is 20.4. The van der Waals surface area contributed by atoms with E-state index in [1.165, 1.54) is 50.3 Å². The van der Waals surface area contributed by atoms with Crippen molar-refractivity contribution in [2.45, 2.75) is 83.7 Å². The Bertz CT molecular complexity index is 989. The minimum absolute atomic E-state index is 0.0601. The molecule has 0 radical (unpaired) electrons. The van der Waals surface area contributed by atoms with Gasteiger partial charge in [-0.3, -0.25) is 0 Å². The molecule has 2 aliphatic rings. The van der Waals surface area contributed by atoms with Crippen LogP contribution in [0.1, 0.15) is 83.1 Å². The summed E-state index contributed by atoms with van der Waals surface area (Å²) in [5, 5.41) is -0.876. The number of benzene rings is 2. The third-order valence-electron chi connectivity index (χ3n) is 7.84. The highest BCUT2D eigenvalue weighted by Gasteiger charge is 2.39. The molecule has 7 heteroatoms. The minimum atomic E-state index is -4.90. The van der Waals surface area contributed by atoms with Crippen molar-refractivity contribution >= 4 is 10.8 Å². The van der Waals surface area contributed by atoms with Gasteiger partial charge in [0.1, 0.15) is 11.3 Å². The lowest BCUT2D eigenvalue weighted by molar-refractivity contribution is -0.137. The first-order valence-electron chi connectivity index (χ1n) is 13.1. The van der Waals surface area contributed by atoms with Gasteiger partial charge in [0.15, 0.2) is 11.6 Å². The smallest absolute Gasteiger partial charge is 0.420 e. The first kappa shape index (κ1) is 26.0. The number of hydrogen-bond donors (Lipinski definition) is 0. The highest BCUT2D eigenvalue weighted by molar-refractivity contribution is 5.90. The number of halogens is 5. The third-order valence-corrected chi connectivity index (χ3v) is 7.84. The van der Waals surface area contributed by atoms with Gasteiger partial charge < -0.3 is 9.47 Å². The molecule has 2 aliphatic carbocycles. The molecule has 35 heavy (non-hydrogen) atoms. The average Bonchev–Trinajstić information content (AvgIpc) is 2.85. The van der Waals surface area contributed by atoms with Crippen LogP contribution in [-0.2, 0) is 6.18 Å². The Morgan fingerprint density at radius 3 is 2.17 bits per heavy atom. The molecule has 194 valence electrons. The molecular formula is C28H35F5O2. The van der Waals surface area contributed by atoms with Gasteiger partial charge in [0.25, 0.3) is 0 Å². The van der Waals surface area contributed by atoms with Crippen molar-refractivity contribution in [2.24, 2.45) is 17.8 Å². The maximum Gasteiger partial charge on any atom is 0.420 e. The van der Waals surface area contributed by atoms with Gasteiger partial charge in [-0.25, -0.2) is 4.39 Å². The Labute approximate surface area is 204 Å². The molecule has 2 aromatic carbocycles. The molecule has 0 bridgehead atoms. The third kappa shape index (κ3) is 6.03. The van der Waals surface area contributed by atoms with Gasteiger partial charge in [-0.05, 0) is 67.4 Å². The van der Waals surface area contributed by atoms with Gasteiger partial charge >= 0.3 is 6.18 Å². The molecule has 2 aromatic rings. The summed E-state index contributed by atoms with van der Waals surface area (Å²) in [6.45, 7) is 2.19. The summed E-state index contributed by atoms with van der Waals surface area (Å²) in [6.07, 6.45) is 7.24. The van der Waals surface area contributed by atoms with Gasteiger partial charge in [0.05, 0.1) is 13.2 Å². The van der Waals surface area contributed by atoms with E-state index in [4.69, 9.17) is 9.47 Å². The van der Waals surface area contributed by atoms with Gasteiger partial charge in [-0.1, -0.05) is 51.5 Å². The maximum absolute atomic E-state index is 15.0. The Balaban J connectivity index is 1.48. The molecular weight excluding hydrogens is 463 g/mol. The number of alkyl halides is 3. The average molecular weight is 499 g/mol. The Morgan fingerprint density at radius 1 is 0.829 bits per heavy atom. The second-order valence-corrected chi connectivity index (χ2v) is 10.2. The number of fused-ring (bicyclic) bond motifs is 1. The SMILES string of the molecule is CCCCOc1ccc2cc(OCC3CCC(C4CCCCC4)CC3)c(F)c(F)c2c1C(F)(F)F. The Hall–Kier alpha value is -2.05. The lowest BCUT2D eigenvalue weighted by atomic mass is 9.71. The van der Waals surface area contributed by atoms with Gasteiger partial charge in [0.2, 0.25) is 5.82 Å². The van der Waals surface area contributed by atoms with E-state index in [1.54, 1.807) is 0 Å². The van der Waals surface area contributed by atoms with Gasteiger partial charge in [-0.2, -0.15) is 17.6 Å². The van der Waals surface area contributed by atoms with Crippen LogP contribution in [0.3, 0.4) is 0 Å². The van der Waals surface area contributed by atoms with E-state index < -0.39 is 34.5 Å². The van der Waals surface area contributed by atoms with E-state index in [2.05, 4.69) is 0 Å². The van der Waals surface area contributed by atoms with E-state index in [0.717, 1.165) is 43.9 Å². The van der Waals surface area contributed by atoms with Crippen molar-refractivity contribution in [3.8, 4) is 11.5 Å². The molecule has 2 nitrogen and oxygen atoms in total. The number of unbranched alkanes of at least 4 members (excludes halogenated alkanes) is 1. The topological polar surface area (TPSA) is 18.5 Å². The fourth-order valence-corrected chi connectivity index (χ4v) is 5.85. The van der Waals surface area contributed by atoms with E-state index in [1.807, 2.05) is 6.92 Å². The summed E-state index contributed by atoms with van der Waals surface area (Å²) in [5.41, 5.74) is -1.28. The van der Waals surface area contributed by atoms with Crippen LogP contribution in [0.25, 0.3) is 10.8 Å². The van der Waals surface area contributed by atoms with Gasteiger partial charge in [0, 0.05) is 5.39 Å². The van der Waals surface area contributed by atoms with Crippen molar-refractivity contribution in [3.05, 3.63) is 35.4 Å². The first-order chi connectivity index (χ1) is 16.8. The number of rotatable bonds is 8. The van der Waals surface area contributed by atoms with Crippen LogP contribution >= 0.6 is 0 Å².